The maximum atomic E-state index is 12.3. The maximum absolute atomic E-state index is 12.3. The van der Waals surface area contributed by atoms with Crippen molar-refractivity contribution < 1.29 is 22.6 Å². The topological polar surface area (TPSA) is 94.3 Å². The minimum absolute atomic E-state index is 0.231. The van der Waals surface area contributed by atoms with Crippen molar-refractivity contribution >= 4 is 28.7 Å². The van der Waals surface area contributed by atoms with E-state index in [0.29, 0.717) is 35.4 Å². The van der Waals surface area contributed by atoms with Crippen LogP contribution in [0.15, 0.2) is 54.9 Å². The number of nitrogens with zero attached hydrogens (tertiary/aromatic N) is 2. The average molecular weight is 405 g/mol. The number of anilines is 5. The van der Waals surface area contributed by atoms with Gasteiger partial charge in [-0.25, -0.2) is 9.97 Å². The summed E-state index contributed by atoms with van der Waals surface area (Å²) in [6, 6.07) is 12.5. The van der Waals surface area contributed by atoms with Crippen molar-refractivity contribution in [2.75, 3.05) is 23.0 Å². The molecule has 152 valence electrons. The molecule has 29 heavy (non-hydrogen) atoms. The minimum Gasteiger partial charge on any atom is -0.492 e. The highest BCUT2D eigenvalue weighted by molar-refractivity contribution is 5.81. The molecule has 10 heteroatoms. The summed E-state index contributed by atoms with van der Waals surface area (Å²) in [6.07, 6.45) is -3.43. The predicted molar refractivity (Wildman–Crippen MR) is 104 cm³/mol. The molecular weight excluding hydrogens is 387 g/mol. The fourth-order valence-corrected chi connectivity index (χ4v) is 2.45. The molecule has 0 aliphatic heterocycles. The first-order valence-electron chi connectivity index (χ1n) is 8.58. The number of alkyl halides is 3. The van der Waals surface area contributed by atoms with E-state index in [0.717, 1.165) is 0 Å². The molecule has 0 aliphatic carbocycles. The van der Waals surface area contributed by atoms with E-state index in [1.54, 1.807) is 0 Å². The van der Waals surface area contributed by atoms with Crippen LogP contribution in [0.5, 0.6) is 11.5 Å². The number of hydrogen-bond acceptors (Lipinski definition) is 7. The maximum Gasteiger partial charge on any atom is 0.573 e. The molecule has 0 fully saturated rings. The molecule has 0 saturated heterocycles. The molecule has 0 aliphatic rings. The summed E-state index contributed by atoms with van der Waals surface area (Å²) >= 11 is 0. The number of halogens is 3. The van der Waals surface area contributed by atoms with Crippen LogP contribution in [0.3, 0.4) is 0 Å². The molecule has 4 N–H and O–H groups in total. The SMILES string of the molecule is CCOc1ccccc1Nc1ncnc(Nc2ccc(OC(F)(F)F)cc2)c1N. The van der Waals surface area contributed by atoms with Crippen LogP contribution in [0.1, 0.15) is 6.92 Å². The normalized spacial score (nSPS) is 11.0. The Kier molecular flexibility index (Phi) is 5.91. The number of rotatable bonds is 7. The number of benzene rings is 2. The molecule has 1 heterocycles. The van der Waals surface area contributed by atoms with Crippen LogP contribution in [-0.4, -0.2) is 22.9 Å². The van der Waals surface area contributed by atoms with Gasteiger partial charge in [-0.05, 0) is 43.3 Å². The lowest BCUT2D eigenvalue weighted by atomic mass is 10.2. The number of hydrogen-bond donors (Lipinski definition) is 3. The molecule has 0 radical (unpaired) electrons. The fraction of sp³-hybridized carbons (Fsp3) is 0.158. The zero-order valence-corrected chi connectivity index (χ0v) is 15.3. The average Bonchev–Trinajstić information content (AvgIpc) is 2.67. The third-order valence-electron chi connectivity index (χ3n) is 3.67. The lowest BCUT2D eigenvalue weighted by molar-refractivity contribution is -0.274. The first-order chi connectivity index (χ1) is 13.9. The van der Waals surface area contributed by atoms with Crippen molar-refractivity contribution in [3.63, 3.8) is 0 Å². The summed E-state index contributed by atoms with van der Waals surface area (Å²) in [7, 11) is 0. The first-order valence-corrected chi connectivity index (χ1v) is 8.58. The smallest absolute Gasteiger partial charge is 0.492 e. The van der Waals surface area contributed by atoms with Gasteiger partial charge in [0.05, 0.1) is 12.3 Å². The number of ether oxygens (including phenoxy) is 2. The summed E-state index contributed by atoms with van der Waals surface area (Å²) in [4.78, 5) is 8.23. The lowest BCUT2D eigenvalue weighted by Gasteiger charge is -2.15. The Morgan fingerprint density at radius 3 is 2.28 bits per heavy atom. The summed E-state index contributed by atoms with van der Waals surface area (Å²) in [5.74, 6) is 0.962. The van der Waals surface area contributed by atoms with Gasteiger partial charge in [0.25, 0.3) is 0 Å². The number of nitrogens with two attached hydrogens (primary N) is 1. The van der Waals surface area contributed by atoms with Gasteiger partial charge in [0, 0.05) is 5.69 Å². The van der Waals surface area contributed by atoms with Gasteiger partial charge in [-0.15, -0.1) is 13.2 Å². The number of aromatic nitrogens is 2. The monoisotopic (exact) mass is 405 g/mol. The van der Waals surface area contributed by atoms with Gasteiger partial charge in [0.15, 0.2) is 11.6 Å². The van der Waals surface area contributed by atoms with E-state index in [1.165, 1.54) is 30.6 Å². The molecule has 0 unspecified atom stereocenters. The van der Waals surface area contributed by atoms with Crippen molar-refractivity contribution in [3.8, 4) is 11.5 Å². The van der Waals surface area contributed by atoms with E-state index in [2.05, 4.69) is 25.3 Å². The number of para-hydroxylation sites is 2. The summed E-state index contributed by atoms with van der Waals surface area (Å²) < 4.78 is 46.2. The summed E-state index contributed by atoms with van der Waals surface area (Å²) in [5, 5.41) is 6.04. The molecule has 0 bridgehead atoms. The second-order valence-electron chi connectivity index (χ2n) is 5.74. The third kappa shape index (κ3) is 5.41. The molecular formula is C19H18F3N5O2. The quantitative estimate of drug-likeness (QED) is 0.518. The van der Waals surface area contributed by atoms with Gasteiger partial charge in [0.2, 0.25) is 0 Å². The van der Waals surface area contributed by atoms with Gasteiger partial charge in [-0.2, -0.15) is 0 Å². The molecule has 7 nitrogen and oxygen atoms in total. The van der Waals surface area contributed by atoms with Gasteiger partial charge in [-0.3, -0.25) is 0 Å². The van der Waals surface area contributed by atoms with Gasteiger partial charge >= 0.3 is 6.36 Å². The number of nitrogen functional groups attached to an aromatic ring is 1. The zero-order valence-electron chi connectivity index (χ0n) is 15.3. The Balaban J connectivity index is 1.77. The van der Waals surface area contributed by atoms with E-state index in [1.807, 2.05) is 31.2 Å². The fourth-order valence-electron chi connectivity index (χ4n) is 2.45. The van der Waals surface area contributed by atoms with Crippen molar-refractivity contribution in [1.29, 1.82) is 0 Å². The molecule has 0 saturated carbocycles. The Hall–Kier alpha value is -3.69. The van der Waals surface area contributed by atoms with Crippen LogP contribution in [0.2, 0.25) is 0 Å². The Labute approximate surface area is 164 Å². The highest BCUT2D eigenvalue weighted by Crippen LogP contribution is 2.32. The Morgan fingerprint density at radius 2 is 1.62 bits per heavy atom. The van der Waals surface area contributed by atoms with E-state index in [9.17, 15) is 13.2 Å². The second kappa shape index (κ2) is 8.55. The van der Waals surface area contributed by atoms with E-state index in [4.69, 9.17) is 10.5 Å². The van der Waals surface area contributed by atoms with Gasteiger partial charge in [-0.1, -0.05) is 12.1 Å². The summed E-state index contributed by atoms with van der Waals surface area (Å²) in [6.45, 7) is 2.38. The zero-order chi connectivity index (χ0) is 20.9. The van der Waals surface area contributed by atoms with Crippen LogP contribution in [0.25, 0.3) is 0 Å². The van der Waals surface area contributed by atoms with Crippen molar-refractivity contribution in [2.45, 2.75) is 13.3 Å². The molecule has 3 aromatic rings. The van der Waals surface area contributed by atoms with Gasteiger partial charge < -0.3 is 25.8 Å². The third-order valence-corrected chi connectivity index (χ3v) is 3.67. The molecule has 0 spiro atoms. The molecule has 0 amide bonds. The van der Waals surface area contributed by atoms with Crippen LogP contribution in [-0.2, 0) is 0 Å². The van der Waals surface area contributed by atoms with Crippen molar-refractivity contribution in [2.24, 2.45) is 0 Å². The Morgan fingerprint density at radius 1 is 0.966 bits per heavy atom. The first kappa shape index (κ1) is 20.1. The predicted octanol–water partition coefficient (Wildman–Crippen LogP) is 4.84. The largest absolute Gasteiger partial charge is 0.573 e. The van der Waals surface area contributed by atoms with Crippen LogP contribution < -0.4 is 25.8 Å². The molecule has 1 aromatic heterocycles. The van der Waals surface area contributed by atoms with Crippen molar-refractivity contribution in [3.05, 3.63) is 54.9 Å². The summed E-state index contributed by atoms with van der Waals surface area (Å²) in [5.41, 5.74) is 7.54. The molecule has 0 atom stereocenters. The highest BCUT2D eigenvalue weighted by Gasteiger charge is 2.30. The highest BCUT2D eigenvalue weighted by atomic mass is 19.4. The van der Waals surface area contributed by atoms with Crippen LogP contribution in [0.4, 0.5) is 41.9 Å². The molecule has 2 aromatic carbocycles. The van der Waals surface area contributed by atoms with Gasteiger partial charge in [0.1, 0.15) is 23.5 Å². The minimum atomic E-state index is -4.75. The lowest BCUT2D eigenvalue weighted by Crippen LogP contribution is -2.17. The van der Waals surface area contributed by atoms with E-state index in [-0.39, 0.29) is 11.4 Å². The van der Waals surface area contributed by atoms with Crippen molar-refractivity contribution in [1.82, 2.24) is 9.97 Å². The van der Waals surface area contributed by atoms with Crippen LogP contribution in [0, 0.1) is 0 Å². The van der Waals surface area contributed by atoms with E-state index < -0.39 is 6.36 Å². The van der Waals surface area contributed by atoms with E-state index >= 15 is 0 Å². The number of nitrogens with one attached hydrogen (secondary N) is 2. The second-order valence-corrected chi connectivity index (χ2v) is 5.74. The standard InChI is InChI=1S/C19H18F3N5O2/c1-2-28-15-6-4-3-5-14(15)27-18-16(23)17(24-11-25-18)26-12-7-9-13(10-8-12)29-19(20,21)22/h3-11H,2,23H2,1H3,(H2,24,25,26,27). The van der Waals surface area contributed by atoms with Crippen LogP contribution >= 0.6 is 0 Å². The Bertz CT molecular complexity index is 965. The molecule has 3 rings (SSSR count).